The van der Waals surface area contributed by atoms with Crippen molar-refractivity contribution < 1.29 is 9.53 Å². The van der Waals surface area contributed by atoms with Crippen molar-refractivity contribution in [3.8, 4) is 5.75 Å². The van der Waals surface area contributed by atoms with Gasteiger partial charge >= 0.3 is 5.72 Å². The van der Waals surface area contributed by atoms with Crippen LogP contribution in [0, 0.1) is 0 Å². The number of fused-ring (bicyclic) bond motifs is 6. The van der Waals surface area contributed by atoms with Gasteiger partial charge in [0.2, 0.25) is 0 Å². The van der Waals surface area contributed by atoms with Crippen LogP contribution in [0.5, 0.6) is 5.75 Å². The molecule has 2 unspecified atom stereocenters. The first-order chi connectivity index (χ1) is 13.7. The van der Waals surface area contributed by atoms with Gasteiger partial charge in [-0.2, -0.15) is 5.10 Å². The van der Waals surface area contributed by atoms with Gasteiger partial charge in [0.15, 0.2) is 0 Å². The van der Waals surface area contributed by atoms with Crippen molar-refractivity contribution in [3.05, 3.63) is 80.5 Å². The molecule has 28 heavy (non-hydrogen) atoms. The van der Waals surface area contributed by atoms with E-state index in [1.165, 1.54) is 0 Å². The molecule has 3 aromatic rings. The van der Waals surface area contributed by atoms with Crippen LogP contribution >= 0.6 is 27.3 Å². The summed E-state index contributed by atoms with van der Waals surface area (Å²) in [7, 11) is 0. The summed E-state index contributed by atoms with van der Waals surface area (Å²) < 4.78 is 7.42. The van der Waals surface area contributed by atoms with E-state index in [4.69, 9.17) is 9.84 Å². The predicted molar refractivity (Wildman–Crippen MR) is 112 cm³/mol. The number of para-hydroxylation sites is 1. The van der Waals surface area contributed by atoms with Crippen LogP contribution in [-0.4, -0.2) is 16.6 Å². The molecule has 0 fully saturated rings. The van der Waals surface area contributed by atoms with Crippen molar-refractivity contribution in [2.75, 3.05) is 5.32 Å². The lowest BCUT2D eigenvalue weighted by molar-refractivity contribution is -0.161. The molecule has 2 aromatic carbocycles. The summed E-state index contributed by atoms with van der Waals surface area (Å²) in [6.45, 7) is 0. The van der Waals surface area contributed by atoms with E-state index in [2.05, 4.69) is 33.4 Å². The second kappa shape index (κ2) is 5.68. The first-order valence-corrected chi connectivity index (χ1v) is 10.6. The zero-order valence-electron chi connectivity index (χ0n) is 14.6. The zero-order valence-corrected chi connectivity index (χ0v) is 17.0. The molecule has 1 amide bonds. The lowest BCUT2D eigenvalue weighted by Crippen LogP contribution is -2.55. The Bertz CT molecular complexity index is 1160. The lowest BCUT2D eigenvalue weighted by atomic mass is 9.93. The average Bonchev–Trinajstić information content (AvgIpc) is 3.42. The van der Waals surface area contributed by atoms with Crippen molar-refractivity contribution in [1.82, 2.24) is 5.01 Å². The Morgan fingerprint density at radius 2 is 2.11 bits per heavy atom. The number of nitrogens with zero attached hydrogens (tertiary/aromatic N) is 2. The predicted octanol–water partition coefficient (Wildman–Crippen LogP) is 4.86. The van der Waals surface area contributed by atoms with Crippen molar-refractivity contribution in [2.24, 2.45) is 5.10 Å². The van der Waals surface area contributed by atoms with Crippen LogP contribution in [0.2, 0.25) is 0 Å². The van der Waals surface area contributed by atoms with Gasteiger partial charge in [0.1, 0.15) is 5.75 Å². The number of rotatable bonds is 1. The maximum absolute atomic E-state index is 13.3. The minimum atomic E-state index is -1.29. The van der Waals surface area contributed by atoms with E-state index >= 15 is 0 Å². The normalized spacial score (nSPS) is 24.3. The Balaban J connectivity index is 1.60. The van der Waals surface area contributed by atoms with Crippen LogP contribution in [0.1, 0.15) is 28.5 Å². The van der Waals surface area contributed by atoms with Crippen LogP contribution in [0.3, 0.4) is 0 Å². The Kier molecular flexibility index (Phi) is 3.31. The highest BCUT2D eigenvalue weighted by Gasteiger charge is 2.60. The summed E-state index contributed by atoms with van der Waals surface area (Å²) >= 11 is 5.22. The molecule has 0 aliphatic carbocycles. The lowest BCUT2D eigenvalue weighted by Gasteiger charge is -2.44. The summed E-state index contributed by atoms with van der Waals surface area (Å²) in [5, 5.41) is 11.8. The van der Waals surface area contributed by atoms with Gasteiger partial charge in [-0.05, 0) is 35.7 Å². The third kappa shape index (κ3) is 2.06. The SMILES string of the molecule is O=C1Nc2ccccc2C12Oc1ccc(Br)cc1C1CC(c3cccs3)=NN12. The monoisotopic (exact) mass is 451 g/mol. The molecule has 0 saturated heterocycles. The average molecular weight is 452 g/mol. The number of hydrazone groups is 1. The fraction of sp³-hybridized carbons (Fsp3) is 0.143. The number of anilines is 1. The third-order valence-corrected chi connectivity index (χ3v) is 6.89. The second-order valence-electron chi connectivity index (χ2n) is 7.02. The Morgan fingerprint density at radius 3 is 2.96 bits per heavy atom. The number of carbonyl (C=O) groups is 1. The molecule has 1 N–H and O–H groups in total. The number of ether oxygens (including phenoxy) is 1. The highest BCUT2D eigenvalue weighted by molar-refractivity contribution is 9.10. The number of benzene rings is 2. The van der Waals surface area contributed by atoms with Crippen LogP contribution < -0.4 is 10.1 Å². The van der Waals surface area contributed by atoms with E-state index in [1.807, 2.05) is 52.9 Å². The largest absolute Gasteiger partial charge is 0.453 e. The fourth-order valence-electron chi connectivity index (χ4n) is 4.26. The Hall–Kier alpha value is -2.64. The standard InChI is InChI=1S/C21H14BrN3O2S/c22-12-7-8-18-13(10-12)17-11-16(19-6-3-9-28-19)24-25(17)21(27-18)14-4-1-2-5-15(14)23-20(21)26/h1-10,17H,11H2,(H,23,26). The molecule has 1 spiro atoms. The number of amides is 1. The van der Waals surface area contributed by atoms with Crippen LogP contribution in [0.25, 0.3) is 0 Å². The molecule has 4 heterocycles. The van der Waals surface area contributed by atoms with E-state index < -0.39 is 5.72 Å². The van der Waals surface area contributed by atoms with E-state index in [-0.39, 0.29) is 11.9 Å². The third-order valence-electron chi connectivity index (χ3n) is 5.48. The van der Waals surface area contributed by atoms with E-state index in [9.17, 15) is 4.79 Å². The highest BCUT2D eigenvalue weighted by Crippen LogP contribution is 2.54. The molecular formula is C21H14BrN3O2S. The summed E-state index contributed by atoms with van der Waals surface area (Å²) in [4.78, 5) is 14.4. The zero-order chi connectivity index (χ0) is 18.9. The topological polar surface area (TPSA) is 53.9 Å². The minimum Gasteiger partial charge on any atom is -0.453 e. The van der Waals surface area contributed by atoms with Gasteiger partial charge in [-0.15, -0.1) is 11.3 Å². The fourth-order valence-corrected chi connectivity index (χ4v) is 5.36. The number of hydrogen-bond donors (Lipinski definition) is 1. The molecule has 5 nitrogen and oxygen atoms in total. The smallest absolute Gasteiger partial charge is 0.306 e. The number of hydrogen-bond acceptors (Lipinski definition) is 5. The molecule has 3 aliphatic rings. The maximum Gasteiger partial charge on any atom is 0.306 e. The summed E-state index contributed by atoms with van der Waals surface area (Å²) in [6, 6.07) is 17.6. The van der Waals surface area contributed by atoms with Crippen molar-refractivity contribution in [3.63, 3.8) is 0 Å². The summed E-state index contributed by atoms with van der Waals surface area (Å²) in [5.74, 6) is 0.516. The van der Waals surface area contributed by atoms with Crippen molar-refractivity contribution in [2.45, 2.75) is 18.2 Å². The van der Waals surface area contributed by atoms with Gasteiger partial charge in [-0.1, -0.05) is 40.2 Å². The van der Waals surface area contributed by atoms with Gasteiger partial charge < -0.3 is 10.1 Å². The number of halogens is 1. The Morgan fingerprint density at radius 1 is 1.21 bits per heavy atom. The maximum atomic E-state index is 13.3. The highest BCUT2D eigenvalue weighted by atomic mass is 79.9. The van der Waals surface area contributed by atoms with E-state index in [0.717, 1.165) is 44.0 Å². The Labute approximate surface area is 173 Å². The van der Waals surface area contributed by atoms with Crippen molar-refractivity contribution >= 4 is 44.6 Å². The molecule has 1 aromatic heterocycles. The molecule has 6 rings (SSSR count). The summed E-state index contributed by atoms with van der Waals surface area (Å²) in [5.41, 5.74) is 2.29. The van der Waals surface area contributed by atoms with Crippen molar-refractivity contribution in [1.29, 1.82) is 0 Å². The van der Waals surface area contributed by atoms with Gasteiger partial charge in [0.25, 0.3) is 5.91 Å². The van der Waals surface area contributed by atoms with E-state index in [1.54, 1.807) is 11.3 Å². The van der Waals surface area contributed by atoms with Crippen LogP contribution in [0.4, 0.5) is 5.69 Å². The molecule has 2 atom stereocenters. The van der Waals surface area contributed by atoms with E-state index in [0.29, 0.717) is 0 Å². The van der Waals surface area contributed by atoms with Gasteiger partial charge in [0, 0.05) is 16.5 Å². The molecule has 0 radical (unpaired) electrons. The molecule has 138 valence electrons. The van der Waals surface area contributed by atoms with Gasteiger partial charge in [0.05, 0.1) is 27.9 Å². The second-order valence-corrected chi connectivity index (χ2v) is 8.88. The first-order valence-electron chi connectivity index (χ1n) is 8.97. The van der Waals surface area contributed by atoms with Gasteiger partial charge in [-0.3, -0.25) is 4.79 Å². The molecular weight excluding hydrogens is 438 g/mol. The first kappa shape index (κ1) is 16.3. The van der Waals surface area contributed by atoms with Crippen LogP contribution in [-0.2, 0) is 10.5 Å². The quantitative estimate of drug-likeness (QED) is 0.574. The van der Waals surface area contributed by atoms with Gasteiger partial charge in [-0.25, -0.2) is 5.01 Å². The number of nitrogens with one attached hydrogen (secondary N) is 1. The number of carbonyl (C=O) groups excluding carboxylic acids is 1. The minimum absolute atomic E-state index is 0.0738. The number of thiophene rings is 1. The molecule has 3 aliphatic heterocycles. The molecule has 0 bridgehead atoms. The molecule has 7 heteroatoms. The summed E-state index contributed by atoms with van der Waals surface area (Å²) in [6.07, 6.45) is 0.727. The molecule has 0 saturated carbocycles. The van der Waals surface area contributed by atoms with Crippen LogP contribution in [0.15, 0.2) is 69.6 Å².